The van der Waals surface area contributed by atoms with Crippen LogP contribution in [0, 0.1) is 56.7 Å². The second-order valence-electron chi connectivity index (χ2n) is 18.7. The fourth-order valence-corrected chi connectivity index (χ4v) is 13.6. The molecule has 1 amide bonds. The third-order valence-electron chi connectivity index (χ3n) is 16.5. The Kier molecular flexibility index (Phi) is 10.5. The Bertz CT molecular complexity index is 1600. The fourth-order valence-electron chi connectivity index (χ4n) is 13.6. The highest BCUT2D eigenvalue weighted by molar-refractivity contribution is 5.90. The first kappa shape index (κ1) is 38.8. The van der Waals surface area contributed by atoms with Crippen LogP contribution >= 0.6 is 0 Å². The van der Waals surface area contributed by atoms with Crippen LogP contribution in [0.5, 0.6) is 0 Å². The Labute approximate surface area is 313 Å². The van der Waals surface area contributed by atoms with Crippen LogP contribution in [0.25, 0.3) is 5.57 Å². The molecule has 9 atom stereocenters. The molecule has 0 saturated heterocycles. The van der Waals surface area contributed by atoms with Crippen molar-refractivity contribution in [3.8, 4) is 0 Å². The molecule has 4 fully saturated rings. The number of allylic oxidation sites excluding steroid dienone is 3. The summed E-state index contributed by atoms with van der Waals surface area (Å²) < 4.78 is 9.85. The van der Waals surface area contributed by atoms with Crippen LogP contribution in [-0.2, 0) is 19.1 Å². The smallest absolute Gasteiger partial charge is 0.337 e. The van der Waals surface area contributed by atoms with Gasteiger partial charge < -0.3 is 14.8 Å². The van der Waals surface area contributed by atoms with Gasteiger partial charge in [0.1, 0.15) is 0 Å². The van der Waals surface area contributed by atoms with E-state index in [1.807, 2.05) is 24.0 Å². The molecule has 0 heterocycles. The minimum atomic E-state index is -0.356. The van der Waals surface area contributed by atoms with E-state index in [1.54, 1.807) is 0 Å². The SMILES string of the molecule is C=C(C)C1CC[C@]2(C(=O)NCCN(CC)CC(=O)OC)CC[C@]3(C)[C@H](CC[C@@H]4[C@@]5(C)CC=C(c6ccc(C(=O)OC)cc6)C(C)(C)[C@@H]5CC[C@]43C)[C@@H]12. The Morgan fingerprint density at radius 3 is 2.23 bits per heavy atom. The van der Waals surface area contributed by atoms with E-state index in [0.717, 1.165) is 38.6 Å². The molecule has 6 rings (SSSR count). The lowest BCUT2D eigenvalue weighted by atomic mass is 9.32. The van der Waals surface area contributed by atoms with Gasteiger partial charge >= 0.3 is 11.9 Å². The van der Waals surface area contributed by atoms with Gasteiger partial charge in [0.2, 0.25) is 5.91 Å². The van der Waals surface area contributed by atoms with Crippen LogP contribution in [0.1, 0.15) is 122 Å². The van der Waals surface area contributed by atoms with Crippen molar-refractivity contribution in [2.45, 2.75) is 106 Å². The topological polar surface area (TPSA) is 84.9 Å². The largest absolute Gasteiger partial charge is 0.468 e. The van der Waals surface area contributed by atoms with E-state index in [0.29, 0.717) is 48.2 Å². The number of rotatable bonds is 10. The average Bonchev–Trinajstić information content (AvgIpc) is 3.52. The van der Waals surface area contributed by atoms with Gasteiger partial charge in [-0.2, -0.15) is 0 Å². The van der Waals surface area contributed by atoms with Crippen LogP contribution < -0.4 is 5.32 Å². The van der Waals surface area contributed by atoms with E-state index < -0.39 is 0 Å². The molecule has 1 aromatic rings. The first-order chi connectivity index (χ1) is 24.5. The maximum atomic E-state index is 14.5. The molecule has 52 heavy (non-hydrogen) atoms. The van der Waals surface area contributed by atoms with Gasteiger partial charge in [-0.05, 0) is 146 Å². The number of nitrogens with zero attached hydrogens (tertiary/aromatic N) is 1. The van der Waals surface area contributed by atoms with Gasteiger partial charge in [-0.3, -0.25) is 14.5 Å². The predicted molar refractivity (Wildman–Crippen MR) is 207 cm³/mol. The molecule has 7 heteroatoms. The summed E-state index contributed by atoms with van der Waals surface area (Å²) in [6, 6.07) is 8.02. The van der Waals surface area contributed by atoms with Crippen LogP contribution in [-0.4, -0.2) is 63.1 Å². The van der Waals surface area contributed by atoms with Crippen LogP contribution in [0.2, 0.25) is 0 Å². The van der Waals surface area contributed by atoms with Crippen molar-refractivity contribution < 1.29 is 23.9 Å². The number of esters is 2. The van der Waals surface area contributed by atoms with E-state index in [-0.39, 0.29) is 51.5 Å². The zero-order valence-electron chi connectivity index (χ0n) is 33.7. The van der Waals surface area contributed by atoms with Crippen molar-refractivity contribution in [1.82, 2.24) is 10.2 Å². The molecule has 0 spiro atoms. The number of likely N-dealkylation sites (N-methyl/N-ethyl adjacent to an activating group) is 1. The summed E-state index contributed by atoms with van der Waals surface area (Å²) in [5.41, 5.74) is 4.62. The van der Waals surface area contributed by atoms with E-state index >= 15 is 0 Å². The molecule has 286 valence electrons. The highest BCUT2D eigenvalue weighted by Crippen LogP contribution is 2.77. The predicted octanol–water partition coefficient (Wildman–Crippen LogP) is 8.74. The number of carbonyl (C=O) groups excluding carboxylic acids is 3. The number of nitrogens with one attached hydrogen (secondary N) is 1. The van der Waals surface area contributed by atoms with Gasteiger partial charge in [0, 0.05) is 13.1 Å². The molecule has 0 aromatic heterocycles. The Morgan fingerprint density at radius 2 is 1.60 bits per heavy atom. The van der Waals surface area contributed by atoms with Gasteiger partial charge in [-0.1, -0.05) is 71.9 Å². The van der Waals surface area contributed by atoms with Gasteiger partial charge in [-0.25, -0.2) is 4.79 Å². The lowest BCUT2D eigenvalue weighted by Crippen LogP contribution is -2.66. The molecular formula is C45H66N2O5. The molecule has 0 radical (unpaired) electrons. The molecule has 0 bridgehead atoms. The summed E-state index contributed by atoms with van der Waals surface area (Å²) in [4.78, 5) is 40.6. The van der Waals surface area contributed by atoms with E-state index in [4.69, 9.17) is 9.47 Å². The fraction of sp³-hybridized carbons (Fsp3) is 0.711. The van der Waals surface area contributed by atoms with Gasteiger partial charge in [0.25, 0.3) is 0 Å². The normalized spacial score (nSPS) is 37.4. The number of benzene rings is 1. The van der Waals surface area contributed by atoms with Gasteiger partial charge in [0.15, 0.2) is 0 Å². The van der Waals surface area contributed by atoms with E-state index in [9.17, 15) is 14.4 Å². The number of amides is 1. The summed E-state index contributed by atoms with van der Waals surface area (Å²) in [5.74, 6) is 2.03. The summed E-state index contributed by atoms with van der Waals surface area (Å²) in [7, 11) is 2.85. The minimum absolute atomic E-state index is 0.000615. The van der Waals surface area contributed by atoms with Crippen molar-refractivity contribution in [2.75, 3.05) is 40.4 Å². The molecule has 1 unspecified atom stereocenters. The Morgan fingerprint density at radius 1 is 0.885 bits per heavy atom. The number of carbonyl (C=O) groups is 3. The van der Waals surface area contributed by atoms with Gasteiger partial charge in [-0.15, -0.1) is 0 Å². The number of hydrogen-bond acceptors (Lipinski definition) is 6. The molecular weight excluding hydrogens is 649 g/mol. The van der Waals surface area contributed by atoms with E-state index in [1.165, 1.54) is 56.6 Å². The number of hydrogen-bond donors (Lipinski definition) is 1. The molecule has 1 aromatic carbocycles. The number of methoxy groups -OCH3 is 2. The molecule has 4 saturated carbocycles. The lowest BCUT2D eigenvalue weighted by Gasteiger charge is -2.72. The van der Waals surface area contributed by atoms with E-state index in [2.05, 4.69) is 71.6 Å². The van der Waals surface area contributed by atoms with Crippen molar-refractivity contribution in [3.05, 3.63) is 53.6 Å². The third-order valence-corrected chi connectivity index (χ3v) is 16.5. The third kappa shape index (κ3) is 5.91. The Hall–Kier alpha value is -2.93. The molecule has 7 nitrogen and oxygen atoms in total. The van der Waals surface area contributed by atoms with Crippen molar-refractivity contribution >= 4 is 23.4 Å². The lowest BCUT2D eigenvalue weighted by molar-refractivity contribution is -0.225. The second kappa shape index (κ2) is 14.0. The van der Waals surface area contributed by atoms with Crippen LogP contribution in [0.4, 0.5) is 0 Å². The van der Waals surface area contributed by atoms with Crippen LogP contribution in [0.3, 0.4) is 0 Å². The average molecular weight is 715 g/mol. The van der Waals surface area contributed by atoms with Crippen molar-refractivity contribution in [1.29, 1.82) is 0 Å². The quantitative estimate of drug-likeness (QED) is 0.193. The van der Waals surface area contributed by atoms with Gasteiger partial charge in [0.05, 0.1) is 31.7 Å². The monoisotopic (exact) mass is 714 g/mol. The zero-order chi connectivity index (χ0) is 37.9. The minimum Gasteiger partial charge on any atom is -0.468 e. The Balaban J connectivity index is 1.26. The standard InChI is InChI=1S/C45H66N2O5/c1-11-47(28-37(48)51-9)27-26-46-40(50)45-23-18-32(29(2)3)38(45)34-16-17-36-42(6)21-19-33(30-12-14-31(15-13-30)39(49)52-10)41(4,5)35(42)20-22-44(36,8)43(34,7)24-25-45/h12-15,19,32,34-36,38H,2,11,16-18,20-28H2,1,3-10H3,(H,46,50)/t32?,34-,35+,36-,38-,42+,43-,44-,45+/m1/s1. The maximum absolute atomic E-state index is 14.5. The van der Waals surface area contributed by atoms with Crippen LogP contribution in [0.15, 0.2) is 42.5 Å². The summed E-state index contributed by atoms with van der Waals surface area (Å²) >= 11 is 0. The molecule has 5 aliphatic rings. The van der Waals surface area contributed by atoms with Crippen molar-refractivity contribution in [2.24, 2.45) is 56.7 Å². The first-order valence-electron chi connectivity index (χ1n) is 20.2. The molecule has 1 N–H and O–H groups in total. The summed E-state index contributed by atoms with van der Waals surface area (Å²) in [6.45, 7) is 23.7. The highest BCUT2D eigenvalue weighted by Gasteiger charge is 2.71. The second-order valence-corrected chi connectivity index (χ2v) is 18.7. The summed E-state index contributed by atoms with van der Waals surface area (Å²) in [5, 5.41) is 3.39. The zero-order valence-corrected chi connectivity index (χ0v) is 33.7. The molecule has 5 aliphatic carbocycles. The number of ether oxygens (including phenoxy) is 2. The maximum Gasteiger partial charge on any atom is 0.337 e. The highest BCUT2D eigenvalue weighted by atomic mass is 16.5. The molecule has 0 aliphatic heterocycles. The first-order valence-corrected chi connectivity index (χ1v) is 20.2. The number of fused-ring (bicyclic) bond motifs is 7. The summed E-state index contributed by atoms with van der Waals surface area (Å²) in [6.07, 6.45) is 12.5. The van der Waals surface area contributed by atoms with Crippen molar-refractivity contribution in [3.63, 3.8) is 0 Å².